The summed E-state index contributed by atoms with van der Waals surface area (Å²) in [4.78, 5) is 35.7. The molecule has 0 bridgehead atoms. The topological polar surface area (TPSA) is 144 Å². The number of amides is 3. The van der Waals surface area contributed by atoms with Crippen LogP contribution < -0.4 is 19.7 Å². The summed E-state index contributed by atoms with van der Waals surface area (Å²) in [5, 5.41) is 4.42. The van der Waals surface area contributed by atoms with Crippen LogP contribution in [0.15, 0.2) is 76.2 Å². The number of carbonyl (C=O) groups is 3. The van der Waals surface area contributed by atoms with E-state index in [4.69, 9.17) is 13.9 Å². The highest BCUT2D eigenvalue weighted by Crippen LogP contribution is 2.30. The van der Waals surface area contributed by atoms with Crippen molar-refractivity contribution in [1.82, 2.24) is 10.6 Å². The Morgan fingerprint density at radius 1 is 1.00 bits per heavy atom. The molecule has 2 N–H and O–H groups in total. The molecule has 0 spiro atoms. The molecule has 0 unspecified atom stereocenters. The van der Waals surface area contributed by atoms with E-state index in [0.29, 0.717) is 17.2 Å². The highest BCUT2D eigenvalue weighted by atomic mass is 32.2. The number of furan rings is 1. The van der Waals surface area contributed by atoms with Crippen molar-refractivity contribution in [2.75, 3.05) is 25.1 Å². The lowest BCUT2D eigenvalue weighted by atomic mass is 10.2. The van der Waals surface area contributed by atoms with E-state index < -0.39 is 34.5 Å². The molecule has 3 aromatic rings. The van der Waals surface area contributed by atoms with Gasteiger partial charge < -0.3 is 19.2 Å². The summed E-state index contributed by atoms with van der Waals surface area (Å²) < 4.78 is 42.2. The first kappa shape index (κ1) is 25.3. The first-order valence-electron chi connectivity index (χ1n) is 10.2. The molecule has 1 heterocycles. The molecular weight excluding hydrogens is 478 g/mol. The quantitative estimate of drug-likeness (QED) is 0.425. The summed E-state index contributed by atoms with van der Waals surface area (Å²) in [6.07, 6.45) is 1.44. The zero-order valence-electron chi connectivity index (χ0n) is 18.9. The average Bonchev–Trinajstić information content (AvgIpc) is 3.39. The Morgan fingerprint density at radius 3 is 2.37 bits per heavy atom. The normalized spacial score (nSPS) is 10.8. The molecule has 1 aromatic heterocycles. The van der Waals surface area contributed by atoms with Crippen LogP contribution in [0.3, 0.4) is 0 Å². The Labute approximate surface area is 201 Å². The third-order valence-electron chi connectivity index (χ3n) is 4.76. The van der Waals surface area contributed by atoms with Gasteiger partial charge in [0.1, 0.15) is 11.5 Å². The van der Waals surface area contributed by atoms with Crippen LogP contribution in [0.1, 0.15) is 16.1 Å². The van der Waals surface area contributed by atoms with Crippen LogP contribution >= 0.6 is 0 Å². The van der Waals surface area contributed by atoms with E-state index in [1.54, 1.807) is 36.4 Å². The van der Waals surface area contributed by atoms with Crippen LogP contribution in [0.4, 0.5) is 10.5 Å². The van der Waals surface area contributed by atoms with Crippen molar-refractivity contribution >= 4 is 33.6 Å². The molecule has 0 radical (unpaired) electrons. The fourth-order valence-corrected chi connectivity index (χ4v) is 4.15. The molecule has 3 amide bonds. The number of hydrogen-bond donors (Lipinski definition) is 2. The number of hydrogen-bond acceptors (Lipinski definition) is 8. The van der Waals surface area contributed by atoms with Gasteiger partial charge in [-0.2, -0.15) is 0 Å². The van der Waals surface area contributed by atoms with E-state index in [1.807, 2.05) is 5.32 Å². The van der Waals surface area contributed by atoms with Gasteiger partial charge in [-0.25, -0.2) is 18.0 Å². The number of methoxy groups -OCH3 is 1. The number of carbonyl (C=O) groups excluding carboxylic acids is 3. The Hall–Kier alpha value is -4.32. The van der Waals surface area contributed by atoms with Crippen LogP contribution in [0.2, 0.25) is 0 Å². The molecule has 0 saturated carbocycles. The first-order chi connectivity index (χ1) is 16.7. The van der Waals surface area contributed by atoms with E-state index in [1.165, 1.54) is 44.7 Å². The van der Waals surface area contributed by atoms with Gasteiger partial charge in [0.25, 0.3) is 15.9 Å². The summed E-state index contributed by atoms with van der Waals surface area (Å²) in [5.41, 5.74) is 0.372. The number of rotatable bonds is 9. The number of imide groups is 1. The number of nitrogens with one attached hydrogen (secondary N) is 2. The van der Waals surface area contributed by atoms with Crippen LogP contribution in [0.25, 0.3) is 0 Å². The lowest BCUT2D eigenvalue weighted by molar-refractivity contribution is -0.123. The predicted molar refractivity (Wildman–Crippen MR) is 124 cm³/mol. The fourth-order valence-electron chi connectivity index (χ4n) is 2.94. The molecule has 0 fully saturated rings. The maximum Gasteiger partial charge on any atom is 0.338 e. The molecule has 2 aromatic carbocycles. The summed E-state index contributed by atoms with van der Waals surface area (Å²) in [5.74, 6) is -0.823. The van der Waals surface area contributed by atoms with Gasteiger partial charge in [0, 0.05) is 7.05 Å². The van der Waals surface area contributed by atoms with E-state index >= 15 is 0 Å². The third-order valence-corrected chi connectivity index (χ3v) is 6.55. The second-order valence-corrected chi connectivity index (χ2v) is 9.02. The number of urea groups is 1. The molecular formula is C23H23N3O8S. The van der Waals surface area contributed by atoms with E-state index in [-0.39, 0.29) is 17.0 Å². The standard InChI is InChI=1S/C23H23N3O8S/c1-26(19-7-3-4-8-20(19)32-2)35(30,31)18-11-9-16(10-12-18)22(28)34-15-21(27)25-23(29)24-14-17-6-5-13-33-17/h3-13H,14-15H2,1-2H3,(H2,24,25,27,29). The number of anilines is 1. The second-order valence-electron chi connectivity index (χ2n) is 7.06. The zero-order chi connectivity index (χ0) is 25.4. The molecule has 0 saturated heterocycles. The average molecular weight is 502 g/mol. The number of nitrogens with zero attached hydrogens (tertiary/aromatic N) is 1. The highest BCUT2D eigenvalue weighted by Gasteiger charge is 2.24. The van der Waals surface area contributed by atoms with Crippen molar-refractivity contribution in [1.29, 1.82) is 0 Å². The molecule has 35 heavy (non-hydrogen) atoms. The Kier molecular flexibility index (Phi) is 8.10. The minimum Gasteiger partial charge on any atom is -0.495 e. The van der Waals surface area contributed by atoms with Crippen LogP contribution in [0, 0.1) is 0 Å². The molecule has 0 aliphatic carbocycles. The van der Waals surface area contributed by atoms with Gasteiger partial charge in [0.15, 0.2) is 6.61 Å². The van der Waals surface area contributed by atoms with Gasteiger partial charge in [-0.15, -0.1) is 0 Å². The van der Waals surface area contributed by atoms with Gasteiger partial charge in [-0.05, 0) is 48.5 Å². The van der Waals surface area contributed by atoms with Gasteiger partial charge in [-0.3, -0.25) is 14.4 Å². The molecule has 12 heteroatoms. The summed E-state index contributed by atoms with van der Waals surface area (Å²) >= 11 is 0. The number of benzene rings is 2. The summed E-state index contributed by atoms with van der Waals surface area (Å²) in [6.45, 7) is -0.628. The number of sulfonamides is 1. The second kappa shape index (κ2) is 11.2. The van der Waals surface area contributed by atoms with E-state index in [2.05, 4.69) is 5.32 Å². The summed E-state index contributed by atoms with van der Waals surface area (Å²) in [6, 6.07) is 14.2. The van der Waals surface area contributed by atoms with Crippen molar-refractivity contribution in [3.63, 3.8) is 0 Å². The van der Waals surface area contributed by atoms with Crippen molar-refractivity contribution in [2.45, 2.75) is 11.4 Å². The molecule has 3 rings (SSSR count). The Morgan fingerprint density at radius 2 is 1.71 bits per heavy atom. The minimum absolute atomic E-state index is 0.0268. The first-order valence-corrected chi connectivity index (χ1v) is 11.7. The molecule has 184 valence electrons. The van der Waals surface area contributed by atoms with Crippen LogP contribution in [0.5, 0.6) is 5.75 Å². The van der Waals surface area contributed by atoms with Crippen molar-refractivity contribution in [3.8, 4) is 5.75 Å². The van der Waals surface area contributed by atoms with Crippen LogP contribution in [-0.4, -0.2) is 47.1 Å². The van der Waals surface area contributed by atoms with Gasteiger partial charge in [-0.1, -0.05) is 12.1 Å². The predicted octanol–water partition coefficient (Wildman–Crippen LogP) is 2.30. The number of para-hydroxylation sites is 2. The lowest BCUT2D eigenvalue weighted by Crippen LogP contribution is -2.41. The maximum absolute atomic E-state index is 13.0. The Bertz CT molecular complexity index is 1290. The van der Waals surface area contributed by atoms with Crippen molar-refractivity contribution in [3.05, 3.63) is 78.3 Å². The Balaban J connectivity index is 1.55. The largest absolute Gasteiger partial charge is 0.495 e. The molecule has 0 aliphatic heterocycles. The molecule has 0 atom stereocenters. The third kappa shape index (κ3) is 6.38. The van der Waals surface area contributed by atoms with E-state index in [0.717, 1.165) is 4.31 Å². The number of ether oxygens (including phenoxy) is 2. The van der Waals surface area contributed by atoms with Crippen molar-refractivity contribution in [2.24, 2.45) is 0 Å². The SMILES string of the molecule is COc1ccccc1N(C)S(=O)(=O)c1ccc(C(=O)OCC(=O)NC(=O)NCc2ccco2)cc1. The zero-order valence-corrected chi connectivity index (χ0v) is 19.7. The van der Waals surface area contributed by atoms with Gasteiger partial charge >= 0.3 is 12.0 Å². The maximum atomic E-state index is 13.0. The van der Waals surface area contributed by atoms with Crippen LogP contribution in [-0.2, 0) is 26.1 Å². The monoisotopic (exact) mass is 501 g/mol. The highest BCUT2D eigenvalue weighted by molar-refractivity contribution is 7.92. The minimum atomic E-state index is -3.94. The summed E-state index contributed by atoms with van der Waals surface area (Å²) in [7, 11) is -1.12. The lowest BCUT2D eigenvalue weighted by Gasteiger charge is -2.21. The van der Waals surface area contributed by atoms with Gasteiger partial charge in [0.05, 0.1) is 36.1 Å². The van der Waals surface area contributed by atoms with E-state index in [9.17, 15) is 22.8 Å². The smallest absolute Gasteiger partial charge is 0.338 e. The number of esters is 1. The fraction of sp³-hybridized carbons (Fsp3) is 0.174. The molecule has 11 nitrogen and oxygen atoms in total. The van der Waals surface area contributed by atoms with Gasteiger partial charge in [0.2, 0.25) is 0 Å². The molecule has 0 aliphatic rings. The van der Waals surface area contributed by atoms with Crippen molar-refractivity contribution < 1.29 is 36.7 Å².